The van der Waals surface area contributed by atoms with Crippen molar-refractivity contribution in [1.29, 1.82) is 0 Å². The number of nitrogens with two attached hydrogens (primary N) is 1. The lowest BCUT2D eigenvalue weighted by Crippen LogP contribution is -2.05. The molecular formula is C14H14ClNO2S. The number of benzene rings is 1. The number of aryl methyl sites for hydroxylation is 1. The van der Waals surface area contributed by atoms with Crippen molar-refractivity contribution in [3.63, 3.8) is 0 Å². The molecule has 0 saturated carbocycles. The number of anilines is 1. The summed E-state index contributed by atoms with van der Waals surface area (Å²) in [5.74, 6) is -0.416. The van der Waals surface area contributed by atoms with E-state index in [-0.39, 0.29) is 6.61 Å². The van der Waals surface area contributed by atoms with Gasteiger partial charge < -0.3 is 10.5 Å². The summed E-state index contributed by atoms with van der Waals surface area (Å²) < 4.78 is 5.24. The summed E-state index contributed by atoms with van der Waals surface area (Å²) in [5.41, 5.74) is 6.46. The zero-order valence-corrected chi connectivity index (χ0v) is 12.1. The van der Waals surface area contributed by atoms with Crippen molar-refractivity contribution < 1.29 is 9.53 Å². The standard InChI is InChI=1S/C14H14ClNO2S/c1-2-12-3-4-13(19-12)8-18-14(17)9-5-10(15)7-11(16)6-9/h3-7H,2,8,16H2,1H3. The molecule has 19 heavy (non-hydrogen) atoms. The van der Waals surface area contributed by atoms with E-state index in [1.165, 1.54) is 4.88 Å². The number of hydrogen-bond acceptors (Lipinski definition) is 4. The Kier molecular flexibility index (Phi) is 4.45. The molecule has 1 heterocycles. The topological polar surface area (TPSA) is 52.3 Å². The van der Waals surface area contributed by atoms with E-state index in [0.717, 1.165) is 11.3 Å². The molecule has 0 unspecified atom stereocenters. The second-order valence-electron chi connectivity index (χ2n) is 4.07. The number of nitrogen functional groups attached to an aromatic ring is 1. The molecule has 0 atom stereocenters. The SMILES string of the molecule is CCc1ccc(COC(=O)c2cc(N)cc(Cl)c2)s1. The molecule has 0 bridgehead atoms. The van der Waals surface area contributed by atoms with Crippen LogP contribution in [0.2, 0.25) is 5.02 Å². The van der Waals surface area contributed by atoms with Crippen LogP contribution in [-0.4, -0.2) is 5.97 Å². The minimum absolute atomic E-state index is 0.274. The molecule has 1 aromatic heterocycles. The predicted octanol–water partition coefficient (Wildman–Crippen LogP) is 3.90. The minimum Gasteiger partial charge on any atom is -0.456 e. The van der Waals surface area contributed by atoms with Crippen molar-refractivity contribution in [2.45, 2.75) is 20.0 Å². The highest BCUT2D eigenvalue weighted by Gasteiger charge is 2.10. The number of thiophene rings is 1. The van der Waals surface area contributed by atoms with Crippen LogP contribution in [0.3, 0.4) is 0 Å². The van der Waals surface area contributed by atoms with Crippen LogP contribution in [0.1, 0.15) is 27.0 Å². The molecule has 0 aliphatic carbocycles. The Labute approximate surface area is 121 Å². The molecule has 0 radical (unpaired) electrons. The zero-order chi connectivity index (χ0) is 13.8. The zero-order valence-electron chi connectivity index (χ0n) is 10.5. The van der Waals surface area contributed by atoms with E-state index in [4.69, 9.17) is 22.1 Å². The maximum Gasteiger partial charge on any atom is 0.338 e. The van der Waals surface area contributed by atoms with Gasteiger partial charge in [0.05, 0.1) is 5.56 Å². The minimum atomic E-state index is -0.416. The Hall–Kier alpha value is -1.52. The number of rotatable bonds is 4. The normalized spacial score (nSPS) is 10.4. The van der Waals surface area contributed by atoms with Gasteiger partial charge in [0, 0.05) is 20.5 Å². The maximum absolute atomic E-state index is 11.9. The van der Waals surface area contributed by atoms with Crippen LogP contribution in [0.25, 0.3) is 0 Å². The maximum atomic E-state index is 11.9. The Bertz CT molecular complexity index is 575. The number of carbonyl (C=O) groups is 1. The molecule has 0 spiro atoms. The Morgan fingerprint density at radius 3 is 2.68 bits per heavy atom. The van der Waals surface area contributed by atoms with E-state index in [1.54, 1.807) is 29.5 Å². The molecule has 1 aromatic carbocycles. The molecule has 3 nitrogen and oxygen atoms in total. The fourth-order valence-corrected chi connectivity index (χ4v) is 2.75. The summed E-state index contributed by atoms with van der Waals surface area (Å²) in [6, 6.07) is 8.71. The molecular weight excluding hydrogens is 282 g/mol. The Morgan fingerprint density at radius 2 is 2.05 bits per heavy atom. The van der Waals surface area contributed by atoms with Crippen molar-refractivity contribution in [3.8, 4) is 0 Å². The predicted molar refractivity (Wildman–Crippen MR) is 78.7 cm³/mol. The molecule has 5 heteroatoms. The average molecular weight is 296 g/mol. The molecule has 0 aliphatic heterocycles. The van der Waals surface area contributed by atoms with Gasteiger partial charge in [0.15, 0.2) is 0 Å². The molecule has 0 aliphatic rings. The summed E-state index contributed by atoms with van der Waals surface area (Å²) in [7, 11) is 0. The van der Waals surface area contributed by atoms with Crippen LogP contribution in [0, 0.1) is 0 Å². The first-order valence-electron chi connectivity index (χ1n) is 5.89. The quantitative estimate of drug-likeness (QED) is 0.687. The molecule has 0 amide bonds. The summed E-state index contributed by atoms with van der Waals surface area (Å²) in [5, 5.41) is 0.427. The van der Waals surface area contributed by atoms with Crippen molar-refractivity contribution >= 4 is 34.6 Å². The van der Waals surface area contributed by atoms with Crippen molar-refractivity contribution in [3.05, 3.63) is 50.7 Å². The molecule has 0 fully saturated rings. The average Bonchev–Trinajstić information content (AvgIpc) is 2.82. The number of hydrogen-bond donors (Lipinski definition) is 1. The fraction of sp³-hybridized carbons (Fsp3) is 0.214. The third-order valence-corrected chi connectivity index (χ3v) is 3.99. The summed E-state index contributed by atoms with van der Waals surface area (Å²) >= 11 is 7.50. The van der Waals surface area contributed by atoms with Crippen LogP contribution in [0.4, 0.5) is 5.69 Å². The van der Waals surface area contributed by atoms with Gasteiger partial charge in [-0.05, 0) is 36.8 Å². The van der Waals surface area contributed by atoms with Crippen LogP contribution in [0.5, 0.6) is 0 Å². The van der Waals surface area contributed by atoms with E-state index < -0.39 is 5.97 Å². The van der Waals surface area contributed by atoms with E-state index in [1.807, 2.05) is 12.1 Å². The largest absolute Gasteiger partial charge is 0.456 e. The van der Waals surface area contributed by atoms with E-state index in [0.29, 0.717) is 16.3 Å². The van der Waals surface area contributed by atoms with Crippen molar-refractivity contribution in [2.75, 3.05) is 5.73 Å². The fourth-order valence-electron chi connectivity index (χ4n) is 1.64. The van der Waals surface area contributed by atoms with Crippen LogP contribution in [-0.2, 0) is 17.8 Å². The first-order valence-corrected chi connectivity index (χ1v) is 7.08. The summed E-state index contributed by atoms with van der Waals surface area (Å²) in [4.78, 5) is 14.2. The second-order valence-corrected chi connectivity index (χ2v) is 5.76. The second kappa shape index (κ2) is 6.08. The van der Waals surface area contributed by atoms with Crippen molar-refractivity contribution in [2.24, 2.45) is 0 Å². The van der Waals surface area contributed by atoms with Gasteiger partial charge in [-0.3, -0.25) is 0 Å². The molecule has 2 N–H and O–H groups in total. The third-order valence-electron chi connectivity index (χ3n) is 2.57. The van der Waals surface area contributed by atoms with Crippen LogP contribution in [0.15, 0.2) is 30.3 Å². The lowest BCUT2D eigenvalue weighted by atomic mass is 10.2. The van der Waals surface area contributed by atoms with Crippen molar-refractivity contribution in [1.82, 2.24) is 0 Å². The van der Waals surface area contributed by atoms with Gasteiger partial charge >= 0.3 is 5.97 Å². The Morgan fingerprint density at radius 1 is 1.32 bits per heavy atom. The summed E-state index contributed by atoms with van der Waals surface area (Å²) in [6.07, 6.45) is 0.990. The van der Waals surface area contributed by atoms with E-state index in [9.17, 15) is 4.79 Å². The van der Waals surface area contributed by atoms with Gasteiger partial charge in [0.2, 0.25) is 0 Å². The molecule has 2 rings (SSSR count). The number of carbonyl (C=O) groups excluding carboxylic acids is 1. The lowest BCUT2D eigenvalue weighted by molar-refractivity contribution is 0.0477. The van der Waals surface area contributed by atoms with Gasteiger partial charge in [0.25, 0.3) is 0 Å². The molecule has 0 saturated heterocycles. The van der Waals surface area contributed by atoms with E-state index in [2.05, 4.69) is 6.92 Å². The smallest absolute Gasteiger partial charge is 0.338 e. The number of esters is 1. The highest BCUT2D eigenvalue weighted by atomic mass is 35.5. The lowest BCUT2D eigenvalue weighted by Gasteiger charge is -2.04. The number of ether oxygens (including phenoxy) is 1. The first-order chi connectivity index (χ1) is 9.08. The number of halogens is 1. The monoisotopic (exact) mass is 295 g/mol. The van der Waals surface area contributed by atoms with Crippen LogP contribution < -0.4 is 5.73 Å². The first kappa shape index (κ1) is 13.9. The highest BCUT2D eigenvalue weighted by molar-refractivity contribution is 7.11. The third kappa shape index (κ3) is 3.72. The van der Waals surface area contributed by atoms with Crippen LogP contribution >= 0.6 is 22.9 Å². The van der Waals surface area contributed by atoms with Gasteiger partial charge in [-0.25, -0.2) is 4.79 Å². The Balaban J connectivity index is 2.00. The van der Waals surface area contributed by atoms with Gasteiger partial charge in [-0.2, -0.15) is 0 Å². The van der Waals surface area contributed by atoms with Gasteiger partial charge in [-0.1, -0.05) is 18.5 Å². The molecule has 100 valence electrons. The highest BCUT2D eigenvalue weighted by Crippen LogP contribution is 2.20. The van der Waals surface area contributed by atoms with Gasteiger partial charge in [-0.15, -0.1) is 11.3 Å². The summed E-state index contributed by atoms with van der Waals surface area (Å²) in [6.45, 7) is 2.37. The molecule has 2 aromatic rings. The van der Waals surface area contributed by atoms with Gasteiger partial charge in [0.1, 0.15) is 6.61 Å². The van der Waals surface area contributed by atoms with E-state index >= 15 is 0 Å².